The lowest BCUT2D eigenvalue weighted by atomic mass is 9.84. The Kier molecular flexibility index (Phi) is 4.90. The van der Waals surface area contributed by atoms with Gasteiger partial charge < -0.3 is 19.3 Å². The lowest BCUT2D eigenvalue weighted by molar-refractivity contribution is 0.122. The van der Waals surface area contributed by atoms with Crippen molar-refractivity contribution >= 4 is 16.5 Å². The van der Waals surface area contributed by atoms with Crippen molar-refractivity contribution in [3.63, 3.8) is 0 Å². The van der Waals surface area contributed by atoms with Crippen molar-refractivity contribution in [2.75, 3.05) is 51.9 Å². The van der Waals surface area contributed by atoms with E-state index in [0.717, 1.165) is 45.1 Å². The van der Waals surface area contributed by atoms with Gasteiger partial charge in [0, 0.05) is 37.8 Å². The molecule has 0 aliphatic carbocycles. The summed E-state index contributed by atoms with van der Waals surface area (Å²) in [6.07, 6.45) is 0. The minimum Gasteiger partial charge on any atom is -0.497 e. The van der Waals surface area contributed by atoms with Crippen molar-refractivity contribution in [3.8, 4) is 5.75 Å². The summed E-state index contributed by atoms with van der Waals surface area (Å²) >= 11 is 0. The van der Waals surface area contributed by atoms with Crippen LogP contribution < -0.4 is 9.64 Å². The van der Waals surface area contributed by atoms with Crippen LogP contribution in [0.15, 0.2) is 54.6 Å². The summed E-state index contributed by atoms with van der Waals surface area (Å²) < 4.78 is 10.9. The third-order valence-corrected chi connectivity index (χ3v) is 6.29. The minimum atomic E-state index is 0.397. The fourth-order valence-corrected chi connectivity index (χ4v) is 4.72. The molecule has 0 spiro atoms. The zero-order valence-electron chi connectivity index (χ0n) is 17.2. The average molecular weight is 389 g/mol. The van der Waals surface area contributed by atoms with Gasteiger partial charge in [0.25, 0.3) is 0 Å². The number of likely N-dealkylation sites (N-methyl/N-ethyl adjacent to an activating group) is 1. The third kappa shape index (κ3) is 3.59. The van der Waals surface area contributed by atoms with Gasteiger partial charge in [0.2, 0.25) is 0 Å². The lowest BCUT2D eigenvalue weighted by Crippen LogP contribution is -2.36. The number of nitrogens with zero attached hydrogens (tertiary/aromatic N) is 2. The predicted octanol–water partition coefficient (Wildman–Crippen LogP) is 4.26. The molecule has 0 aromatic heterocycles. The molecule has 0 N–H and O–H groups in total. The summed E-state index contributed by atoms with van der Waals surface area (Å²) in [5.74, 6) is 1.30. The highest BCUT2D eigenvalue weighted by atomic mass is 16.5. The van der Waals surface area contributed by atoms with Gasteiger partial charge in [-0.3, -0.25) is 0 Å². The Morgan fingerprint density at radius 1 is 0.931 bits per heavy atom. The van der Waals surface area contributed by atoms with E-state index in [1.54, 1.807) is 7.11 Å². The zero-order chi connectivity index (χ0) is 19.8. The maximum absolute atomic E-state index is 5.52. The maximum Gasteiger partial charge on any atom is 0.119 e. The van der Waals surface area contributed by atoms with Crippen molar-refractivity contribution in [2.45, 2.75) is 12.5 Å². The molecular formula is C25H28N2O2. The Hall–Kier alpha value is -2.56. The average Bonchev–Trinajstić information content (AvgIpc) is 2.78. The van der Waals surface area contributed by atoms with E-state index >= 15 is 0 Å². The van der Waals surface area contributed by atoms with Gasteiger partial charge in [-0.15, -0.1) is 0 Å². The number of anilines is 1. The van der Waals surface area contributed by atoms with Crippen molar-refractivity contribution in [2.24, 2.45) is 0 Å². The molecule has 29 heavy (non-hydrogen) atoms. The van der Waals surface area contributed by atoms with Crippen LogP contribution in [0.5, 0.6) is 5.75 Å². The molecule has 5 rings (SSSR count). The highest BCUT2D eigenvalue weighted by Crippen LogP contribution is 2.36. The van der Waals surface area contributed by atoms with Crippen molar-refractivity contribution in [3.05, 3.63) is 71.3 Å². The molecule has 4 nitrogen and oxygen atoms in total. The number of morpholine rings is 1. The molecule has 3 aromatic rings. The van der Waals surface area contributed by atoms with E-state index < -0.39 is 0 Å². The summed E-state index contributed by atoms with van der Waals surface area (Å²) in [4.78, 5) is 4.88. The smallest absolute Gasteiger partial charge is 0.119 e. The normalized spacial score (nSPS) is 19.9. The Balaban J connectivity index is 1.50. The van der Waals surface area contributed by atoms with Crippen LogP contribution in [0.3, 0.4) is 0 Å². The summed E-state index contributed by atoms with van der Waals surface area (Å²) in [5.41, 5.74) is 5.62. The molecule has 0 amide bonds. The number of hydrogen-bond acceptors (Lipinski definition) is 4. The summed E-state index contributed by atoms with van der Waals surface area (Å²) in [5, 5.41) is 2.49. The molecule has 0 saturated carbocycles. The van der Waals surface area contributed by atoms with E-state index in [2.05, 4.69) is 65.4 Å². The Labute approximate surface area is 172 Å². The van der Waals surface area contributed by atoms with E-state index in [1.165, 1.54) is 33.2 Å². The number of ether oxygens (including phenoxy) is 2. The molecule has 0 bridgehead atoms. The first-order valence-electron chi connectivity index (χ1n) is 10.4. The van der Waals surface area contributed by atoms with E-state index in [9.17, 15) is 0 Å². The Bertz CT molecular complexity index is 1030. The molecule has 1 atom stereocenters. The summed E-state index contributed by atoms with van der Waals surface area (Å²) in [6, 6.07) is 20.2. The fourth-order valence-electron chi connectivity index (χ4n) is 4.72. The number of hydrogen-bond donors (Lipinski definition) is 0. The fraction of sp³-hybridized carbons (Fsp3) is 0.360. The summed E-state index contributed by atoms with van der Waals surface area (Å²) in [6.45, 7) is 5.65. The first-order chi connectivity index (χ1) is 14.2. The second kappa shape index (κ2) is 7.69. The quantitative estimate of drug-likeness (QED) is 0.669. The molecular weight excluding hydrogens is 360 g/mol. The summed E-state index contributed by atoms with van der Waals surface area (Å²) in [7, 11) is 3.94. The third-order valence-electron chi connectivity index (χ3n) is 6.29. The van der Waals surface area contributed by atoms with Gasteiger partial charge in [-0.05, 0) is 58.8 Å². The van der Waals surface area contributed by atoms with Gasteiger partial charge in [0.15, 0.2) is 0 Å². The molecule has 3 aromatic carbocycles. The van der Waals surface area contributed by atoms with Crippen molar-refractivity contribution in [1.29, 1.82) is 0 Å². The van der Waals surface area contributed by atoms with Gasteiger partial charge in [0.05, 0.1) is 20.3 Å². The minimum absolute atomic E-state index is 0.397. The lowest BCUT2D eigenvalue weighted by Gasteiger charge is -2.35. The molecule has 2 aliphatic rings. The first kappa shape index (κ1) is 18.5. The van der Waals surface area contributed by atoms with Crippen molar-refractivity contribution in [1.82, 2.24) is 4.90 Å². The topological polar surface area (TPSA) is 24.9 Å². The monoisotopic (exact) mass is 388 g/mol. The van der Waals surface area contributed by atoms with E-state index in [1.807, 2.05) is 6.07 Å². The Morgan fingerprint density at radius 2 is 1.72 bits per heavy atom. The van der Waals surface area contributed by atoms with Crippen LogP contribution in [-0.4, -0.2) is 51.9 Å². The second-order valence-electron chi connectivity index (χ2n) is 8.20. The maximum atomic E-state index is 5.52. The predicted molar refractivity (Wildman–Crippen MR) is 118 cm³/mol. The molecule has 1 fully saturated rings. The molecule has 150 valence electrons. The van der Waals surface area contributed by atoms with Gasteiger partial charge in [-0.1, -0.05) is 30.3 Å². The highest BCUT2D eigenvalue weighted by molar-refractivity contribution is 5.84. The van der Waals surface area contributed by atoms with E-state index in [0.29, 0.717) is 5.92 Å². The largest absolute Gasteiger partial charge is 0.497 e. The molecule has 1 unspecified atom stereocenters. The van der Waals surface area contributed by atoms with Gasteiger partial charge >= 0.3 is 0 Å². The van der Waals surface area contributed by atoms with E-state index in [4.69, 9.17) is 9.47 Å². The zero-order valence-corrected chi connectivity index (χ0v) is 17.2. The van der Waals surface area contributed by atoms with Gasteiger partial charge in [-0.2, -0.15) is 0 Å². The van der Waals surface area contributed by atoms with Crippen LogP contribution in [0, 0.1) is 0 Å². The van der Waals surface area contributed by atoms with Gasteiger partial charge in [-0.25, -0.2) is 0 Å². The highest BCUT2D eigenvalue weighted by Gasteiger charge is 2.26. The molecule has 4 heteroatoms. The number of methoxy groups -OCH3 is 1. The number of fused-ring (bicyclic) bond motifs is 2. The molecule has 2 heterocycles. The molecule has 2 aliphatic heterocycles. The van der Waals surface area contributed by atoms with Crippen LogP contribution in [0.25, 0.3) is 10.8 Å². The number of rotatable bonds is 3. The van der Waals surface area contributed by atoms with Crippen LogP contribution in [-0.2, 0) is 11.3 Å². The molecule has 1 saturated heterocycles. The van der Waals surface area contributed by atoms with Crippen LogP contribution in [0.1, 0.15) is 22.6 Å². The Morgan fingerprint density at radius 3 is 2.55 bits per heavy atom. The second-order valence-corrected chi connectivity index (χ2v) is 8.20. The SMILES string of the molecule is COc1ccc2cc(C3CN(C)Cc4cc(N5CCOCC5)ccc43)ccc2c1. The van der Waals surface area contributed by atoms with Crippen LogP contribution in [0.2, 0.25) is 0 Å². The van der Waals surface area contributed by atoms with E-state index in [-0.39, 0.29) is 0 Å². The van der Waals surface area contributed by atoms with Crippen molar-refractivity contribution < 1.29 is 9.47 Å². The van der Waals surface area contributed by atoms with Gasteiger partial charge in [0.1, 0.15) is 5.75 Å². The standard InChI is InChI=1S/C25H28N2O2/c1-26-16-21-14-22(27-9-11-29-12-10-27)6-8-24(21)25(17-26)20-4-3-19-15-23(28-2)7-5-18(19)13-20/h3-8,13-15,25H,9-12,16-17H2,1-2H3. The van der Waals surface area contributed by atoms with Crippen LogP contribution in [0.4, 0.5) is 5.69 Å². The van der Waals surface area contributed by atoms with Crippen LogP contribution >= 0.6 is 0 Å². The molecule has 0 radical (unpaired) electrons. The number of benzene rings is 3. The first-order valence-corrected chi connectivity index (χ1v) is 10.4.